The van der Waals surface area contributed by atoms with E-state index in [1.165, 1.54) is 12.8 Å². The van der Waals surface area contributed by atoms with Gasteiger partial charge >= 0.3 is 0 Å². The van der Waals surface area contributed by atoms with Crippen LogP contribution in [-0.4, -0.2) is 35.8 Å². The van der Waals surface area contributed by atoms with Crippen LogP contribution in [-0.2, 0) is 9.59 Å². The highest BCUT2D eigenvalue weighted by Crippen LogP contribution is 2.65. The van der Waals surface area contributed by atoms with E-state index in [4.69, 9.17) is 0 Å². The molecule has 2 saturated carbocycles. The van der Waals surface area contributed by atoms with Crippen molar-refractivity contribution in [1.82, 2.24) is 10.2 Å². The molecule has 124 valence electrons. The van der Waals surface area contributed by atoms with Gasteiger partial charge in [0.1, 0.15) is 0 Å². The summed E-state index contributed by atoms with van der Waals surface area (Å²) in [5, 5.41) is 3.26. The highest BCUT2D eigenvalue weighted by atomic mass is 16.2. The Balaban J connectivity index is 1.60. The minimum atomic E-state index is 0.0322. The summed E-state index contributed by atoms with van der Waals surface area (Å²) < 4.78 is 0. The summed E-state index contributed by atoms with van der Waals surface area (Å²) in [4.78, 5) is 26.2. The molecule has 2 amide bonds. The first-order valence-corrected chi connectivity index (χ1v) is 8.92. The highest BCUT2D eigenvalue weighted by Gasteiger charge is 2.61. The van der Waals surface area contributed by atoms with E-state index in [9.17, 15) is 9.59 Å². The third-order valence-corrected chi connectivity index (χ3v) is 7.14. The summed E-state index contributed by atoms with van der Waals surface area (Å²) in [5.41, 5.74) is 0.513. The van der Waals surface area contributed by atoms with Crippen molar-refractivity contribution >= 4 is 11.8 Å². The van der Waals surface area contributed by atoms with Gasteiger partial charge in [-0.05, 0) is 48.9 Å². The summed E-state index contributed by atoms with van der Waals surface area (Å²) in [6, 6.07) is 0.274. The molecule has 0 aromatic rings. The van der Waals surface area contributed by atoms with Gasteiger partial charge in [-0.1, -0.05) is 27.2 Å². The SMILES string of the molecule is CC1(C)C2CCC1(C)C(NC(=O)CN1CCCCCC1=O)C2. The summed E-state index contributed by atoms with van der Waals surface area (Å²) in [6.07, 6.45) is 7.29. The lowest BCUT2D eigenvalue weighted by Crippen LogP contribution is -2.50. The first kappa shape index (κ1) is 15.8. The zero-order chi connectivity index (χ0) is 16.0. The van der Waals surface area contributed by atoms with Gasteiger partial charge in [-0.15, -0.1) is 0 Å². The molecule has 3 atom stereocenters. The lowest BCUT2D eigenvalue weighted by atomic mass is 9.69. The quantitative estimate of drug-likeness (QED) is 0.871. The molecule has 4 nitrogen and oxygen atoms in total. The molecular formula is C18H30N2O2. The predicted molar refractivity (Wildman–Crippen MR) is 86.2 cm³/mol. The normalized spacial score (nSPS) is 37.2. The Labute approximate surface area is 134 Å². The van der Waals surface area contributed by atoms with Crippen molar-refractivity contribution in [2.24, 2.45) is 16.7 Å². The van der Waals surface area contributed by atoms with E-state index < -0.39 is 0 Å². The molecule has 0 spiro atoms. The second kappa shape index (κ2) is 5.54. The van der Waals surface area contributed by atoms with Gasteiger partial charge < -0.3 is 10.2 Å². The van der Waals surface area contributed by atoms with E-state index in [1.807, 2.05) is 0 Å². The highest BCUT2D eigenvalue weighted by molar-refractivity contribution is 5.85. The lowest BCUT2D eigenvalue weighted by Gasteiger charge is -2.39. The topological polar surface area (TPSA) is 49.4 Å². The second-order valence-corrected chi connectivity index (χ2v) is 8.36. The fourth-order valence-corrected chi connectivity index (χ4v) is 5.04. The maximum atomic E-state index is 12.4. The van der Waals surface area contributed by atoms with Gasteiger partial charge in [0.05, 0.1) is 6.54 Å². The first-order chi connectivity index (χ1) is 10.3. The van der Waals surface area contributed by atoms with Gasteiger partial charge in [-0.25, -0.2) is 0 Å². The summed E-state index contributed by atoms with van der Waals surface area (Å²) in [6.45, 7) is 8.03. The molecule has 2 bridgehead atoms. The second-order valence-electron chi connectivity index (χ2n) is 8.36. The van der Waals surface area contributed by atoms with Crippen LogP contribution in [0.1, 0.15) is 65.7 Å². The third-order valence-electron chi connectivity index (χ3n) is 7.14. The van der Waals surface area contributed by atoms with Gasteiger partial charge in [0.15, 0.2) is 0 Å². The number of fused-ring (bicyclic) bond motifs is 2. The van der Waals surface area contributed by atoms with Crippen molar-refractivity contribution in [1.29, 1.82) is 0 Å². The number of likely N-dealkylation sites (tertiary alicyclic amines) is 1. The Morgan fingerprint density at radius 2 is 2.05 bits per heavy atom. The molecule has 2 aliphatic carbocycles. The van der Waals surface area contributed by atoms with Crippen molar-refractivity contribution in [2.75, 3.05) is 13.1 Å². The summed E-state index contributed by atoms with van der Waals surface area (Å²) >= 11 is 0. The van der Waals surface area contributed by atoms with E-state index in [1.54, 1.807) is 4.90 Å². The molecule has 3 fully saturated rings. The number of rotatable bonds is 3. The number of hydrogen-bond acceptors (Lipinski definition) is 2. The van der Waals surface area contributed by atoms with Crippen LogP contribution in [0.3, 0.4) is 0 Å². The molecule has 3 rings (SSSR count). The fourth-order valence-electron chi connectivity index (χ4n) is 5.04. The molecule has 0 aromatic heterocycles. The molecule has 4 heteroatoms. The standard InChI is InChI=1S/C18H30N2O2/c1-17(2)13-8-9-18(17,3)14(11-13)19-15(21)12-20-10-6-4-5-7-16(20)22/h13-14H,4-12H2,1-3H3,(H,19,21). The Kier molecular flexibility index (Phi) is 3.98. The number of carbonyl (C=O) groups excluding carboxylic acids is 2. The number of amides is 2. The average molecular weight is 306 g/mol. The smallest absolute Gasteiger partial charge is 0.239 e. The van der Waals surface area contributed by atoms with Crippen molar-refractivity contribution in [2.45, 2.75) is 71.8 Å². The molecule has 3 aliphatic rings. The largest absolute Gasteiger partial charge is 0.351 e. The molecule has 1 N–H and O–H groups in total. The van der Waals surface area contributed by atoms with Crippen molar-refractivity contribution in [3.05, 3.63) is 0 Å². The van der Waals surface area contributed by atoms with Gasteiger partial charge in [-0.3, -0.25) is 9.59 Å². The van der Waals surface area contributed by atoms with Gasteiger partial charge in [-0.2, -0.15) is 0 Å². The lowest BCUT2D eigenvalue weighted by molar-refractivity contribution is -0.136. The Morgan fingerprint density at radius 1 is 1.27 bits per heavy atom. The molecule has 1 saturated heterocycles. The monoisotopic (exact) mass is 306 g/mol. The molecule has 0 aromatic carbocycles. The van der Waals surface area contributed by atoms with E-state index >= 15 is 0 Å². The van der Waals surface area contributed by atoms with Crippen LogP contribution in [0.5, 0.6) is 0 Å². The average Bonchev–Trinajstić information content (AvgIpc) is 2.68. The molecule has 3 unspecified atom stereocenters. The minimum Gasteiger partial charge on any atom is -0.351 e. The predicted octanol–water partition coefficient (Wildman–Crippen LogP) is 2.72. The van der Waals surface area contributed by atoms with E-state index in [2.05, 4.69) is 26.1 Å². The van der Waals surface area contributed by atoms with Crippen LogP contribution in [0.25, 0.3) is 0 Å². The number of hydrogen-bond donors (Lipinski definition) is 1. The third kappa shape index (κ3) is 2.44. The Hall–Kier alpha value is -1.06. The van der Waals surface area contributed by atoms with Crippen LogP contribution in [0.15, 0.2) is 0 Å². The molecule has 1 heterocycles. The number of nitrogens with zero attached hydrogens (tertiary/aromatic N) is 1. The van der Waals surface area contributed by atoms with Crippen LogP contribution in [0.4, 0.5) is 0 Å². The molecule has 0 radical (unpaired) electrons. The zero-order valence-corrected chi connectivity index (χ0v) is 14.3. The van der Waals surface area contributed by atoms with E-state index in [0.717, 1.165) is 38.1 Å². The number of nitrogens with one attached hydrogen (secondary N) is 1. The number of carbonyl (C=O) groups is 2. The molecule has 1 aliphatic heterocycles. The van der Waals surface area contributed by atoms with Crippen LogP contribution in [0.2, 0.25) is 0 Å². The Bertz CT molecular complexity index is 474. The summed E-state index contributed by atoms with van der Waals surface area (Å²) in [7, 11) is 0. The van der Waals surface area contributed by atoms with Gasteiger partial charge in [0.25, 0.3) is 0 Å². The van der Waals surface area contributed by atoms with Crippen LogP contribution < -0.4 is 5.32 Å². The van der Waals surface area contributed by atoms with Crippen molar-refractivity contribution in [3.63, 3.8) is 0 Å². The van der Waals surface area contributed by atoms with Crippen molar-refractivity contribution in [3.8, 4) is 0 Å². The molecule has 22 heavy (non-hydrogen) atoms. The van der Waals surface area contributed by atoms with E-state index in [-0.39, 0.29) is 29.8 Å². The van der Waals surface area contributed by atoms with Gasteiger partial charge in [0.2, 0.25) is 11.8 Å². The maximum absolute atomic E-state index is 12.4. The van der Waals surface area contributed by atoms with Crippen molar-refractivity contribution < 1.29 is 9.59 Å². The maximum Gasteiger partial charge on any atom is 0.239 e. The first-order valence-electron chi connectivity index (χ1n) is 8.92. The minimum absolute atomic E-state index is 0.0322. The zero-order valence-electron chi connectivity index (χ0n) is 14.3. The van der Waals surface area contributed by atoms with E-state index in [0.29, 0.717) is 11.8 Å². The molecular weight excluding hydrogens is 276 g/mol. The fraction of sp³-hybridized carbons (Fsp3) is 0.889. The Morgan fingerprint density at radius 3 is 2.68 bits per heavy atom. The van der Waals surface area contributed by atoms with Crippen LogP contribution >= 0.6 is 0 Å². The summed E-state index contributed by atoms with van der Waals surface area (Å²) in [5.74, 6) is 0.902. The van der Waals surface area contributed by atoms with Crippen LogP contribution in [0, 0.1) is 16.7 Å². The van der Waals surface area contributed by atoms with Gasteiger partial charge in [0, 0.05) is 19.0 Å².